The fourth-order valence-electron chi connectivity index (χ4n) is 4.03. The molecule has 1 aliphatic rings. The highest BCUT2D eigenvalue weighted by atomic mass is 19.1. The molecule has 3 aromatic rings. The van der Waals surface area contributed by atoms with Crippen LogP contribution in [0.15, 0.2) is 48.9 Å². The number of hydrogen-bond acceptors (Lipinski definition) is 4. The zero-order valence-electron chi connectivity index (χ0n) is 17.2. The number of piperidine rings is 1. The van der Waals surface area contributed by atoms with Crippen LogP contribution in [-0.4, -0.2) is 45.7 Å². The number of allylic oxidation sites excluding steroid dienone is 1. The lowest BCUT2D eigenvalue weighted by molar-refractivity contribution is 0.186. The van der Waals surface area contributed by atoms with Gasteiger partial charge in [-0.15, -0.1) is 0 Å². The molecule has 4 rings (SSSR count). The molecule has 5 nitrogen and oxygen atoms in total. The molecular weight excluding hydrogens is 365 g/mol. The third-order valence-electron chi connectivity index (χ3n) is 6.01. The third-order valence-corrected chi connectivity index (χ3v) is 6.01. The summed E-state index contributed by atoms with van der Waals surface area (Å²) in [4.78, 5) is 11.1. The maximum atomic E-state index is 12.5. The zero-order chi connectivity index (χ0) is 20.4. The number of alkyl halides is 1. The van der Waals surface area contributed by atoms with Gasteiger partial charge >= 0.3 is 0 Å². The molecule has 1 saturated heterocycles. The fraction of sp³-hybridized carbons (Fsp3) is 0.391. The number of halogens is 1. The monoisotopic (exact) mass is 393 g/mol. The maximum absolute atomic E-state index is 12.5. The Morgan fingerprint density at radius 1 is 1.17 bits per heavy atom. The summed E-state index contributed by atoms with van der Waals surface area (Å²) in [6.07, 6.45) is 5.81. The number of imidazole rings is 1. The molecule has 1 N–H and O–H groups in total. The van der Waals surface area contributed by atoms with Crippen LogP contribution in [-0.2, 0) is 7.05 Å². The van der Waals surface area contributed by atoms with Gasteiger partial charge in [0, 0.05) is 42.4 Å². The van der Waals surface area contributed by atoms with Crippen molar-refractivity contribution in [3.05, 3.63) is 54.8 Å². The summed E-state index contributed by atoms with van der Waals surface area (Å²) >= 11 is 0. The van der Waals surface area contributed by atoms with Crippen LogP contribution in [0.4, 0.5) is 10.2 Å². The van der Waals surface area contributed by atoms with Crippen molar-refractivity contribution in [2.45, 2.75) is 19.8 Å². The van der Waals surface area contributed by atoms with Gasteiger partial charge in [-0.3, -0.25) is 0 Å². The summed E-state index contributed by atoms with van der Waals surface area (Å²) < 4.78 is 14.6. The number of likely N-dealkylation sites (tertiary alicyclic amines) is 1. The number of aryl methyl sites for hydroxylation is 1. The first-order valence-corrected chi connectivity index (χ1v) is 10.2. The minimum atomic E-state index is -0.273. The normalized spacial score (nSPS) is 15.7. The number of benzene rings is 1. The highest BCUT2D eigenvalue weighted by Gasteiger charge is 2.21. The molecule has 0 radical (unpaired) electrons. The number of nitrogens with one attached hydrogen (secondary N) is 1. The largest absolute Gasteiger partial charge is 0.344 e. The van der Waals surface area contributed by atoms with E-state index < -0.39 is 0 Å². The van der Waals surface area contributed by atoms with E-state index in [1.165, 1.54) is 0 Å². The van der Waals surface area contributed by atoms with Crippen LogP contribution in [0.2, 0.25) is 0 Å². The predicted octanol–water partition coefficient (Wildman–Crippen LogP) is 4.55. The molecule has 0 saturated carbocycles. The molecule has 0 amide bonds. The molecule has 2 aromatic heterocycles. The lowest BCUT2D eigenvalue weighted by Gasteiger charge is -2.32. The SMILES string of the molecule is C=C(Nc1cc2cc(-c3cnc(C)n3C)ccc2cn1)C1CCN(CCF)CC1. The second-order valence-corrected chi connectivity index (χ2v) is 7.84. The Bertz CT molecular complexity index is 1020. The van der Waals surface area contributed by atoms with E-state index in [1.807, 2.05) is 26.4 Å². The molecule has 29 heavy (non-hydrogen) atoms. The van der Waals surface area contributed by atoms with Crippen LogP contribution in [0.1, 0.15) is 18.7 Å². The average Bonchev–Trinajstić information content (AvgIpc) is 3.07. The van der Waals surface area contributed by atoms with E-state index >= 15 is 0 Å². The van der Waals surface area contributed by atoms with Crippen molar-refractivity contribution in [1.29, 1.82) is 0 Å². The van der Waals surface area contributed by atoms with Gasteiger partial charge in [0.2, 0.25) is 0 Å². The molecule has 1 aliphatic heterocycles. The van der Waals surface area contributed by atoms with Crippen LogP contribution in [0.5, 0.6) is 0 Å². The summed E-state index contributed by atoms with van der Waals surface area (Å²) in [5, 5.41) is 5.64. The summed E-state index contributed by atoms with van der Waals surface area (Å²) in [6, 6.07) is 8.46. The number of anilines is 1. The van der Waals surface area contributed by atoms with E-state index in [-0.39, 0.29) is 6.67 Å². The first kappa shape index (κ1) is 19.6. The van der Waals surface area contributed by atoms with Gasteiger partial charge in [-0.1, -0.05) is 18.7 Å². The Morgan fingerprint density at radius 3 is 2.66 bits per heavy atom. The minimum Gasteiger partial charge on any atom is -0.344 e. The van der Waals surface area contributed by atoms with E-state index in [0.29, 0.717) is 12.5 Å². The Kier molecular flexibility index (Phi) is 5.62. The summed E-state index contributed by atoms with van der Waals surface area (Å²) in [5.74, 6) is 2.20. The summed E-state index contributed by atoms with van der Waals surface area (Å²) in [6.45, 7) is 8.37. The Labute approximate surface area is 171 Å². The molecule has 0 bridgehead atoms. The second-order valence-electron chi connectivity index (χ2n) is 7.84. The van der Waals surface area contributed by atoms with Gasteiger partial charge in [0.05, 0.1) is 11.9 Å². The lowest BCUT2D eigenvalue weighted by Crippen LogP contribution is -2.36. The molecule has 0 unspecified atom stereocenters. The van der Waals surface area contributed by atoms with Gasteiger partial charge in [0.15, 0.2) is 0 Å². The minimum absolute atomic E-state index is 0.273. The average molecular weight is 394 g/mol. The Hall–Kier alpha value is -2.73. The van der Waals surface area contributed by atoms with Crippen molar-refractivity contribution in [3.63, 3.8) is 0 Å². The highest BCUT2D eigenvalue weighted by molar-refractivity contribution is 5.88. The summed E-state index contributed by atoms with van der Waals surface area (Å²) in [7, 11) is 2.03. The molecule has 0 aliphatic carbocycles. The van der Waals surface area contributed by atoms with Crippen LogP contribution >= 0.6 is 0 Å². The van der Waals surface area contributed by atoms with Crippen molar-refractivity contribution < 1.29 is 4.39 Å². The van der Waals surface area contributed by atoms with Gasteiger partial charge in [0.25, 0.3) is 0 Å². The van der Waals surface area contributed by atoms with Crippen molar-refractivity contribution >= 4 is 16.6 Å². The molecule has 3 heterocycles. The van der Waals surface area contributed by atoms with E-state index in [2.05, 4.69) is 55.6 Å². The quantitative estimate of drug-likeness (QED) is 0.667. The topological polar surface area (TPSA) is 46.0 Å². The third kappa shape index (κ3) is 4.17. The van der Waals surface area contributed by atoms with Crippen LogP contribution in [0.3, 0.4) is 0 Å². The number of aromatic nitrogens is 3. The van der Waals surface area contributed by atoms with E-state index in [4.69, 9.17) is 0 Å². The first-order valence-electron chi connectivity index (χ1n) is 10.2. The van der Waals surface area contributed by atoms with Gasteiger partial charge in [-0.2, -0.15) is 0 Å². The summed E-state index contributed by atoms with van der Waals surface area (Å²) in [5.41, 5.74) is 3.23. The van der Waals surface area contributed by atoms with Crippen LogP contribution in [0.25, 0.3) is 22.0 Å². The van der Waals surface area contributed by atoms with Crippen molar-refractivity contribution in [2.75, 3.05) is 31.6 Å². The number of fused-ring (bicyclic) bond motifs is 1. The van der Waals surface area contributed by atoms with Crippen molar-refractivity contribution in [1.82, 2.24) is 19.4 Å². The van der Waals surface area contributed by atoms with E-state index in [0.717, 1.165) is 65.3 Å². The second kappa shape index (κ2) is 8.33. The molecule has 0 atom stereocenters. The Morgan fingerprint density at radius 2 is 1.97 bits per heavy atom. The molecule has 1 aromatic carbocycles. The predicted molar refractivity (Wildman–Crippen MR) is 117 cm³/mol. The lowest BCUT2D eigenvalue weighted by atomic mass is 9.94. The molecule has 152 valence electrons. The number of hydrogen-bond donors (Lipinski definition) is 1. The van der Waals surface area contributed by atoms with Crippen LogP contribution < -0.4 is 5.32 Å². The van der Waals surface area contributed by atoms with Crippen LogP contribution in [0, 0.1) is 12.8 Å². The molecule has 0 spiro atoms. The maximum Gasteiger partial charge on any atom is 0.130 e. The fourth-order valence-corrected chi connectivity index (χ4v) is 4.03. The molecule has 1 fully saturated rings. The number of nitrogens with zero attached hydrogens (tertiary/aromatic N) is 4. The van der Waals surface area contributed by atoms with Crippen molar-refractivity contribution in [3.8, 4) is 11.3 Å². The standard InChI is InChI=1S/C23H28FN5/c1-16(18-6-9-29(10-7-18)11-8-24)27-23-13-21-12-19(4-5-20(21)14-26-23)22-15-25-17(2)28(22)3/h4-5,12-15,18H,1,6-11H2,2-3H3,(H,26,27). The van der Waals surface area contributed by atoms with E-state index in [1.54, 1.807) is 0 Å². The molecular formula is C23H28FN5. The number of pyridine rings is 1. The van der Waals surface area contributed by atoms with Gasteiger partial charge < -0.3 is 14.8 Å². The smallest absolute Gasteiger partial charge is 0.130 e. The van der Waals surface area contributed by atoms with Gasteiger partial charge in [-0.05, 0) is 50.4 Å². The van der Waals surface area contributed by atoms with E-state index in [9.17, 15) is 4.39 Å². The van der Waals surface area contributed by atoms with Gasteiger partial charge in [-0.25, -0.2) is 14.4 Å². The Balaban J connectivity index is 1.49. The van der Waals surface area contributed by atoms with Gasteiger partial charge in [0.1, 0.15) is 18.3 Å². The number of rotatable bonds is 6. The molecule has 6 heteroatoms. The highest BCUT2D eigenvalue weighted by Crippen LogP contribution is 2.28. The first-order chi connectivity index (χ1) is 14.0. The zero-order valence-corrected chi connectivity index (χ0v) is 17.2. The van der Waals surface area contributed by atoms with Crippen molar-refractivity contribution in [2.24, 2.45) is 13.0 Å².